The summed E-state index contributed by atoms with van der Waals surface area (Å²) in [5.74, 6) is 2.06. The lowest BCUT2D eigenvalue weighted by Crippen LogP contribution is -2.30. The minimum absolute atomic E-state index is 0.543. The number of anilines is 1. The van der Waals surface area contributed by atoms with E-state index in [1.807, 2.05) is 38.2 Å². The Hall–Kier alpha value is -2.28. The van der Waals surface area contributed by atoms with E-state index in [-0.39, 0.29) is 0 Å². The molecule has 2 N–H and O–H groups in total. The molecule has 124 valence electrons. The second-order valence-electron chi connectivity index (χ2n) is 4.75. The fourth-order valence-electron chi connectivity index (χ4n) is 1.98. The van der Waals surface area contributed by atoms with Gasteiger partial charge in [-0.3, -0.25) is 0 Å². The van der Waals surface area contributed by atoms with Crippen molar-refractivity contribution in [2.24, 2.45) is 4.99 Å². The smallest absolute Gasteiger partial charge is 0.196 e. The highest BCUT2D eigenvalue weighted by Crippen LogP contribution is 2.29. The number of rotatable bonds is 6. The molecule has 6 nitrogen and oxygen atoms in total. The molecule has 1 heterocycles. The van der Waals surface area contributed by atoms with E-state index < -0.39 is 0 Å². The molecule has 2 aromatic rings. The van der Waals surface area contributed by atoms with Crippen LogP contribution in [0.1, 0.15) is 16.8 Å². The molecule has 0 aliphatic rings. The Bertz CT molecular complexity index is 670. The summed E-state index contributed by atoms with van der Waals surface area (Å²) in [6, 6.07) is 5.65. The van der Waals surface area contributed by atoms with Crippen LogP contribution in [-0.2, 0) is 6.54 Å². The van der Waals surface area contributed by atoms with Crippen LogP contribution in [0.2, 0.25) is 0 Å². The van der Waals surface area contributed by atoms with Crippen LogP contribution in [0, 0.1) is 6.92 Å². The van der Waals surface area contributed by atoms with Gasteiger partial charge < -0.3 is 20.1 Å². The number of methoxy groups -OCH3 is 2. The number of aryl methyl sites for hydroxylation is 1. The van der Waals surface area contributed by atoms with E-state index in [0.29, 0.717) is 24.0 Å². The summed E-state index contributed by atoms with van der Waals surface area (Å²) in [4.78, 5) is 10.1. The van der Waals surface area contributed by atoms with Gasteiger partial charge in [0.2, 0.25) is 0 Å². The second-order valence-corrected chi connectivity index (χ2v) is 6.07. The zero-order valence-corrected chi connectivity index (χ0v) is 14.7. The lowest BCUT2D eigenvalue weighted by Gasteiger charge is -2.13. The van der Waals surface area contributed by atoms with Gasteiger partial charge in [0.15, 0.2) is 17.5 Å². The minimum Gasteiger partial charge on any atom is -0.493 e. The molecule has 0 saturated heterocycles. The van der Waals surface area contributed by atoms with Crippen LogP contribution in [0.3, 0.4) is 0 Å². The average Bonchev–Trinajstić information content (AvgIpc) is 2.98. The first-order valence-electron chi connectivity index (χ1n) is 7.35. The van der Waals surface area contributed by atoms with E-state index in [9.17, 15) is 0 Å². The van der Waals surface area contributed by atoms with Gasteiger partial charge in [-0.2, -0.15) is 0 Å². The molecule has 0 aliphatic carbocycles. The van der Waals surface area contributed by atoms with Gasteiger partial charge in [-0.25, -0.2) is 9.98 Å². The summed E-state index contributed by atoms with van der Waals surface area (Å²) >= 11 is 1.65. The number of aromatic nitrogens is 1. The number of hydrogen-bond donors (Lipinski definition) is 2. The molecule has 0 unspecified atom stereocenters. The van der Waals surface area contributed by atoms with E-state index in [0.717, 1.165) is 17.2 Å². The average molecular weight is 334 g/mol. The highest BCUT2D eigenvalue weighted by Gasteiger charge is 2.06. The van der Waals surface area contributed by atoms with Crippen LogP contribution in [0.25, 0.3) is 0 Å². The number of aliphatic imine (C=N–C) groups is 1. The first-order valence-corrected chi connectivity index (χ1v) is 8.16. The van der Waals surface area contributed by atoms with E-state index in [2.05, 4.69) is 20.6 Å². The van der Waals surface area contributed by atoms with Gasteiger partial charge in [-0.05, 0) is 26.0 Å². The Balaban J connectivity index is 2.12. The molecule has 7 heteroatoms. The van der Waals surface area contributed by atoms with Gasteiger partial charge in [0, 0.05) is 29.4 Å². The summed E-state index contributed by atoms with van der Waals surface area (Å²) in [5, 5.41) is 7.47. The molecule has 0 radical (unpaired) electrons. The van der Waals surface area contributed by atoms with Gasteiger partial charge >= 0.3 is 0 Å². The van der Waals surface area contributed by atoms with Crippen LogP contribution in [-0.4, -0.2) is 31.7 Å². The fourth-order valence-corrected chi connectivity index (χ4v) is 2.69. The van der Waals surface area contributed by atoms with Crippen molar-refractivity contribution in [2.45, 2.75) is 20.4 Å². The van der Waals surface area contributed by atoms with Crippen LogP contribution in [0.15, 0.2) is 29.4 Å². The Morgan fingerprint density at radius 2 is 2.04 bits per heavy atom. The largest absolute Gasteiger partial charge is 0.493 e. The maximum Gasteiger partial charge on any atom is 0.196 e. The quantitative estimate of drug-likeness (QED) is 0.628. The molecule has 1 aromatic carbocycles. The van der Waals surface area contributed by atoms with Gasteiger partial charge in [0.1, 0.15) is 5.01 Å². The summed E-state index contributed by atoms with van der Waals surface area (Å²) < 4.78 is 10.6. The van der Waals surface area contributed by atoms with E-state index in [4.69, 9.17) is 9.47 Å². The van der Waals surface area contributed by atoms with Crippen molar-refractivity contribution >= 4 is 23.0 Å². The maximum atomic E-state index is 5.32. The van der Waals surface area contributed by atoms with Gasteiger partial charge in [-0.15, -0.1) is 11.3 Å². The third-order valence-corrected chi connectivity index (χ3v) is 3.93. The normalized spacial score (nSPS) is 11.2. The lowest BCUT2D eigenvalue weighted by atomic mass is 10.3. The van der Waals surface area contributed by atoms with E-state index in [1.54, 1.807) is 25.6 Å². The third-order valence-electron chi connectivity index (χ3n) is 3.03. The van der Waals surface area contributed by atoms with Crippen LogP contribution in [0.4, 0.5) is 5.69 Å². The van der Waals surface area contributed by atoms with Crippen molar-refractivity contribution in [2.75, 3.05) is 26.1 Å². The Morgan fingerprint density at radius 1 is 1.26 bits per heavy atom. The lowest BCUT2D eigenvalue weighted by molar-refractivity contribution is 0.355. The van der Waals surface area contributed by atoms with Crippen LogP contribution in [0.5, 0.6) is 11.5 Å². The molecule has 0 amide bonds. The van der Waals surface area contributed by atoms with Gasteiger partial charge in [0.25, 0.3) is 0 Å². The Labute approximate surface area is 140 Å². The predicted molar refractivity (Wildman–Crippen MR) is 94.8 cm³/mol. The highest BCUT2D eigenvalue weighted by molar-refractivity contribution is 7.11. The highest BCUT2D eigenvalue weighted by atomic mass is 32.1. The van der Waals surface area contributed by atoms with Crippen LogP contribution < -0.4 is 20.1 Å². The maximum absolute atomic E-state index is 5.32. The zero-order chi connectivity index (χ0) is 16.7. The number of ether oxygens (including phenoxy) is 2. The summed E-state index contributed by atoms with van der Waals surface area (Å²) in [6.07, 6.45) is 1.87. The topological polar surface area (TPSA) is 67.8 Å². The molecular weight excluding hydrogens is 312 g/mol. The molecule has 1 aromatic heterocycles. The molecule has 0 spiro atoms. The first kappa shape index (κ1) is 17.1. The SMILES string of the molecule is CCNC(=NCc1ncc(C)s1)Nc1ccc(OC)c(OC)c1. The molecular formula is C16H22N4O2S. The number of guanidine groups is 1. The molecule has 0 bridgehead atoms. The molecule has 23 heavy (non-hydrogen) atoms. The van der Waals surface area contributed by atoms with Crippen molar-refractivity contribution in [3.8, 4) is 11.5 Å². The molecule has 0 fully saturated rings. The van der Waals surface area contributed by atoms with Crippen molar-refractivity contribution in [3.63, 3.8) is 0 Å². The molecule has 2 rings (SSSR count). The number of nitrogens with one attached hydrogen (secondary N) is 2. The van der Waals surface area contributed by atoms with Crippen molar-refractivity contribution in [3.05, 3.63) is 34.3 Å². The summed E-state index contributed by atoms with van der Waals surface area (Å²) in [7, 11) is 3.23. The Morgan fingerprint density at radius 3 is 2.65 bits per heavy atom. The first-order chi connectivity index (χ1) is 11.2. The van der Waals surface area contributed by atoms with Crippen molar-refractivity contribution in [1.82, 2.24) is 10.3 Å². The summed E-state index contributed by atoms with van der Waals surface area (Å²) in [6.45, 7) is 5.38. The molecule has 0 atom stereocenters. The van der Waals surface area contributed by atoms with Gasteiger partial charge in [0.05, 0.1) is 20.8 Å². The fraction of sp³-hybridized carbons (Fsp3) is 0.375. The second kappa shape index (κ2) is 8.38. The number of nitrogens with zero attached hydrogens (tertiary/aromatic N) is 2. The van der Waals surface area contributed by atoms with Gasteiger partial charge in [-0.1, -0.05) is 0 Å². The zero-order valence-electron chi connectivity index (χ0n) is 13.8. The number of hydrogen-bond acceptors (Lipinski definition) is 5. The molecule has 0 saturated carbocycles. The summed E-state index contributed by atoms with van der Waals surface area (Å²) in [5.41, 5.74) is 0.873. The van der Waals surface area contributed by atoms with Crippen molar-refractivity contribution in [1.29, 1.82) is 0 Å². The predicted octanol–water partition coefficient (Wildman–Crippen LogP) is 3.05. The van der Waals surface area contributed by atoms with E-state index >= 15 is 0 Å². The van der Waals surface area contributed by atoms with E-state index in [1.165, 1.54) is 4.88 Å². The monoisotopic (exact) mass is 334 g/mol. The third kappa shape index (κ3) is 4.85. The van der Waals surface area contributed by atoms with Crippen LogP contribution >= 0.6 is 11.3 Å². The number of benzene rings is 1. The standard InChI is InChI=1S/C16H22N4O2S/c1-5-17-16(19-10-15-18-9-11(2)23-15)20-12-6-7-13(21-3)14(8-12)22-4/h6-9H,5,10H2,1-4H3,(H2,17,19,20). The number of thiazole rings is 1. The minimum atomic E-state index is 0.543. The Kier molecular flexibility index (Phi) is 6.22. The molecule has 0 aliphatic heterocycles. The van der Waals surface area contributed by atoms with Crippen molar-refractivity contribution < 1.29 is 9.47 Å².